The summed E-state index contributed by atoms with van der Waals surface area (Å²) in [6.45, 7) is 2.16. The van der Waals surface area contributed by atoms with Crippen molar-refractivity contribution < 1.29 is 4.42 Å². The summed E-state index contributed by atoms with van der Waals surface area (Å²) in [5.41, 5.74) is 6.69. The fraction of sp³-hybridized carbons (Fsp3) is 0.0233. The predicted octanol–water partition coefficient (Wildman–Crippen LogP) is 8.37. The number of benzene rings is 7. The maximum Gasteiger partial charge on any atom is 0.184 e. The van der Waals surface area contributed by atoms with Crippen molar-refractivity contribution in [3.8, 4) is 5.69 Å². The molecule has 0 saturated heterocycles. The average molecular weight is 606 g/mol. The molecule has 0 N–H and O–H groups in total. The quantitative estimate of drug-likeness (QED) is 0.142. The van der Waals surface area contributed by atoms with Crippen LogP contribution >= 0.6 is 0 Å². The molecular formula is C43H31NOSi. The SMILES string of the molecule is Cc1ccc2c(c1)c1ccccc1n2-c1ccc2oc3c([Si](c4ccccc4)(c4ccccc4)c4ccccc4)cccc3c2c1. The topological polar surface area (TPSA) is 18.1 Å². The van der Waals surface area contributed by atoms with Crippen LogP contribution in [-0.4, -0.2) is 12.6 Å². The summed E-state index contributed by atoms with van der Waals surface area (Å²) in [6.07, 6.45) is 0. The molecule has 9 aromatic rings. The second kappa shape index (κ2) is 10.5. The van der Waals surface area contributed by atoms with E-state index in [1.54, 1.807) is 0 Å². The lowest BCUT2D eigenvalue weighted by atomic mass is 10.1. The molecule has 7 aromatic carbocycles. The highest BCUT2D eigenvalue weighted by molar-refractivity contribution is 7.20. The van der Waals surface area contributed by atoms with Gasteiger partial charge in [-0.3, -0.25) is 0 Å². The van der Waals surface area contributed by atoms with Crippen LogP contribution in [0.4, 0.5) is 0 Å². The van der Waals surface area contributed by atoms with Gasteiger partial charge in [0.25, 0.3) is 0 Å². The van der Waals surface area contributed by atoms with Gasteiger partial charge in [-0.25, -0.2) is 0 Å². The minimum Gasteiger partial charge on any atom is -0.456 e. The molecule has 0 bridgehead atoms. The maximum atomic E-state index is 6.94. The van der Waals surface area contributed by atoms with E-state index in [4.69, 9.17) is 4.42 Å². The monoisotopic (exact) mass is 605 g/mol. The number of fused-ring (bicyclic) bond motifs is 6. The van der Waals surface area contributed by atoms with Gasteiger partial charge in [-0.1, -0.05) is 139 Å². The standard InChI is InChI=1S/C43H31NOSi/c1-30-24-26-40-37(28-30)35-20-11-12-22-39(35)44(40)31-25-27-41-38(29-31)36-21-13-23-42(43(36)45-41)46(32-14-5-2-6-15-32,33-16-7-3-8-17-33)34-18-9-4-10-19-34/h2-29H,1H3. The van der Waals surface area contributed by atoms with E-state index >= 15 is 0 Å². The lowest BCUT2D eigenvalue weighted by Crippen LogP contribution is -2.74. The molecule has 2 nitrogen and oxygen atoms in total. The summed E-state index contributed by atoms with van der Waals surface area (Å²) in [7, 11) is -2.77. The van der Waals surface area contributed by atoms with Crippen molar-refractivity contribution in [1.82, 2.24) is 4.57 Å². The molecule has 0 aliphatic rings. The fourth-order valence-electron chi connectivity index (χ4n) is 7.62. The molecule has 2 heterocycles. The molecule has 0 atom stereocenters. The van der Waals surface area contributed by atoms with E-state index in [1.807, 2.05) is 0 Å². The Kier molecular flexibility index (Phi) is 6.09. The van der Waals surface area contributed by atoms with E-state index < -0.39 is 8.07 Å². The van der Waals surface area contributed by atoms with E-state index in [2.05, 4.69) is 181 Å². The Bertz CT molecular complexity index is 2430. The molecule has 0 spiro atoms. The zero-order valence-electron chi connectivity index (χ0n) is 25.5. The number of furan rings is 1. The first-order chi connectivity index (χ1) is 22.7. The van der Waals surface area contributed by atoms with Crippen molar-refractivity contribution in [2.45, 2.75) is 6.92 Å². The lowest BCUT2D eigenvalue weighted by molar-refractivity contribution is 0.671. The highest BCUT2D eigenvalue weighted by atomic mass is 28.3. The van der Waals surface area contributed by atoms with Crippen LogP contribution in [0.1, 0.15) is 5.56 Å². The van der Waals surface area contributed by atoms with Crippen LogP contribution in [0.15, 0.2) is 174 Å². The van der Waals surface area contributed by atoms with Gasteiger partial charge in [-0.2, -0.15) is 0 Å². The first-order valence-corrected chi connectivity index (χ1v) is 17.9. The number of para-hydroxylation sites is 2. The van der Waals surface area contributed by atoms with E-state index in [1.165, 1.54) is 48.1 Å². The zero-order chi connectivity index (χ0) is 30.7. The Balaban J connectivity index is 1.36. The van der Waals surface area contributed by atoms with Crippen LogP contribution in [0, 0.1) is 6.92 Å². The minimum absolute atomic E-state index is 0.903. The number of aryl methyl sites for hydroxylation is 1. The second-order valence-electron chi connectivity index (χ2n) is 12.2. The first-order valence-electron chi connectivity index (χ1n) is 15.9. The molecule has 46 heavy (non-hydrogen) atoms. The number of rotatable bonds is 5. The zero-order valence-corrected chi connectivity index (χ0v) is 26.5. The van der Waals surface area contributed by atoms with Gasteiger partial charge in [0.15, 0.2) is 8.07 Å². The van der Waals surface area contributed by atoms with Crippen molar-refractivity contribution in [3.05, 3.63) is 175 Å². The van der Waals surface area contributed by atoms with E-state index in [0.29, 0.717) is 0 Å². The minimum atomic E-state index is -2.77. The van der Waals surface area contributed by atoms with Crippen molar-refractivity contribution in [2.75, 3.05) is 0 Å². The molecule has 0 aliphatic heterocycles. The average Bonchev–Trinajstić information content (AvgIpc) is 3.65. The van der Waals surface area contributed by atoms with Crippen molar-refractivity contribution in [3.63, 3.8) is 0 Å². The Morgan fingerprint density at radius 3 is 1.72 bits per heavy atom. The van der Waals surface area contributed by atoms with Gasteiger partial charge in [0.2, 0.25) is 0 Å². The summed E-state index contributed by atoms with van der Waals surface area (Å²) in [5, 5.41) is 10.1. The summed E-state index contributed by atoms with van der Waals surface area (Å²) in [4.78, 5) is 0. The predicted molar refractivity (Wildman–Crippen MR) is 196 cm³/mol. The Hall–Kier alpha value is -5.64. The van der Waals surface area contributed by atoms with Gasteiger partial charge in [0.1, 0.15) is 11.2 Å². The Labute approximate surface area is 268 Å². The van der Waals surface area contributed by atoms with Gasteiger partial charge in [-0.15, -0.1) is 0 Å². The molecule has 2 aromatic heterocycles. The normalized spacial score (nSPS) is 12.0. The van der Waals surface area contributed by atoms with Crippen LogP contribution in [0.2, 0.25) is 0 Å². The van der Waals surface area contributed by atoms with Crippen molar-refractivity contribution in [2.24, 2.45) is 0 Å². The van der Waals surface area contributed by atoms with Gasteiger partial charge >= 0.3 is 0 Å². The van der Waals surface area contributed by atoms with E-state index in [0.717, 1.165) is 27.6 Å². The largest absolute Gasteiger partial charge is 0.456 e. The van der Waals surface area contributed by atoms with E-state index in [-0.39, 0.29) is 0 Å². The number of aromatic nitrogens is 1. The van der Waals surface area contributed by atoms with Crippen LogP contribution < -0.4 is 20.7 Å². The molecule has 3 heteroatoms. The summed E-state index contributed by atoms with van der Waals surface area (Å²) in [5.74, 6) is 0. The van der Waals surface area contributed by atoms with Gasteiger partial charge in [0.05, 0.1) is 11.0 Å². The fourth-order valence-corrected chi connectivity index (χ4v) is 12.5. The second-order valence-corrected chi connectivity index (χ2v) is 16.0. The summed E-state index contributed by atoms with van der Waals surface area (Å²) >= 11 is 0. The summed E-state index contributed by atoms with van der Waals surface area (Å²) in [6, 6.07) is 62.0. The molecular weight excluding hydrogens is 575 g/mol. The smallest absolute Gasteiger partial charge is 0.184 e. The van der Waals surface area contributed by atoms with Crippen LogP contribution in [0.25, 0.3) is 49.4 Å². The first kappa shape index (κ1) is 26.7. The molecule has 0 aliphatic carbocycles. The number of hydrogen-bond donors (Lipinski definition) is 0. The Morgan fingerprint density at radius 1 is 0.457 bits per heavy atom. The van der Waals surface area contributed by atoms with Gasteiger partial charge in [0, 0.05) is 27.2 Å². The molecule has 0 radical (unpaired) electrons. The number of nitrogens with zero attached hydrogens (tertiary/aromatic N) is 1. The van der Waals surface area contributed by atoms with Gasteiger partial charge in [-0.05, 0) is 64.1 Å². The highest BCUT2D eigenvalue weighted by Gasteiger charge is 2.43. The van der Waals surface area contributed by atoms with Crippen LogP contribution in [0.3, 0.4) is 0 Å². The third-order valence-corrected chi connectivity index (χ3v) is 14.4. The maximum absolute atomic E-state index is 6.94. The van der Waals surface area contributed by atoms with Crippen LogP contribution in [0.5, 0.6) is 0 Å². The van der Waals surface area contributed by atoms with Crippen molar-refractivity contribution >= 4 is 72.6 Å². The molecule has 0 amide bonds. The molecule has 0 fully saturated rings. The third kappa shape index (κ3) is 3.89. The summed E-state index contributed by atoms with van der Waals surface area (Å²) < 4.78 is 9.33. The highest BCUT2D eigenvalue weighted by Crippen LogP contribution is 2.36. The number of hydrogen-bond acceptors (Lipinski definition) is 1. The van der Waals surface area contributed by atoms with Gasteiger partial charge < -0.3 is 8.98 Å². The van der Waals surface area contributed by atoms with Crippen molar-refractivity contribution in [1.29, 1.82) is 0 Å². The molecule has 0 unspecified atom stereocenters. The van der Waals surface area contributed by atoms with E-state index in [9.17, 15) is 0 Å². The molecule has 0 saturated carbocycles. The molecule has 9 rings (SSSR count). The Morgan fingerprint density at radius 2 is 1.04 bits per heavy atom. The molecule has 218 valence electrons. The third-order valence-electron chi connectivity index (χ3n) is 9.59. The lowest BCUT2D eigenvalue weighted by Gasteiger charge is -2.34. The van der Waals surface area contributed by atoms with Crippen LogP contribution in [-0.2, 0) is 0 Å².